The monoisotopic (exact) mass is 409 g/mol. The summed E-state index contributed by atoms with van der Waals surface area (Å²) in [4.78, 5) is 42.6. The number of carbonyl (C=O) groups excluding carboxylic acids is 3. The molecule has 0 aliphatic carbocycles. The number of urea groups is 1. The van der Waals surface area contributed by atoms with Crippen molar-refractivity contribution in [1.82, 2.24) is 9.80 Å². The standard InChI is InChI=1S/C20H22F3N3O3/c1-19(2,3)9-15(27)24-10-13-8-14(24)16-17(28)26(18(29)25(13)16)12-6-4-5-11(7-12)20(21,22)23/h4-7,13-14,16H,8-10H2,1-3H3/t13?,14?,16-/m1/s1. The van der Waals surface area contributed by atoms with E-state index in [2.05, 4.69) is 0 Å². The van der Waals surface area contributed by atoms with Gasteiger partial charge in [0.05, 0.1) is 23.3 Å². The molecule has 0 radical (unpaired) electrons. The quantitative estimate of drug-likeness (QED) is 0.705. The van der Waals surface area contributed by atoms with Crippen LogP contribution in [0.5, 0.6) is 0 Å². The first-order chi connectivity index (χ1) is 13.4. The number of carbonyl (C=O) groups is 3. The van der Waals surface area contributed by atoms with Crippen LogP contribution >= 0.6 is 0 Å². The van der Waals surface area contributed by atoms with Crippen molar-refractivity contribution in [2.45, 2.75) is 57.9 Å². The van der Waals surface area contributed by atoms with Gasteiger partial charge < -0.3 is 9.80 Å². The highest BCUT2D eigenvalue weighted by molar-refractivity contribution is 6.22. The Morgan fingerprint density at radius 1 is 1.17 bits per heavy atom. The lowest BCUT2D eigenvalue weighted by atomic mass is 9.91. The second-order valence-corrected chi connectivity index (χ2v) is 9.10. The molecule has 3 saturated heterocycles. The molecule has 2 unspecified atom stereocenters. The summed E-state index contributed by atoms with van der Waals surface area (Å²) < 4.78 is 39.1. The van der Waals surface area contributed by atoms with Crippen LogP contribution in [0.15, 0.2) is 24.3 Å². The lowest BCUT2D eigenvalue weighted by Crippen LogP contribution is -2.55. The lowest BCUT2D eigenvalue weighted by molar-refractivity contribution is -0.138. The Balaban J connectivity index is 1.61. The van der Waals surface area contributed by atoms with E-state index in [0.29, 0.717) is 19.4 Å². The molecule has 3 fully saturated rings. The van der Waals surface area contributed by atoms with Crippen LogP contribution in [0.2, 0.25) is 0 Å². The van der Waals surface area contributed by atoms with Crippen molar-refractivity contribution < 1.29 is 27.6 Å². The minimum absolute atomic E-state index is 0.0672. The van der Waals surface area contributed by atoms with Crippen LogP contribution in [-0.2, 0) is 15.8 Å². The van der Waals surface area contributed by atoms with Gasteiger partial charge in [-0.05, 0) is 30.0 Å². The first-order valence-corrected chi connectivity index (χ1v) is 9.51. The van der Waals surface area contributed by atoms with Gasteiger partial charge in [0.1, 0.15) is 6.04 Å². The van der Waals surface area contributed by atoms with Crippen LogP contribution in [0.4, 0.5) is 23.7 Å². The van der Waals surface area contributed by atoms with Gasteiger partial charge >= 0.3 is 12.2 Å². The van der Waals surface area contributed by atoms with Gasteiger partial charge in [0.15, 0.2) is 0 Å². The van der Waals surface area contributed by atoms with Crippen molar-refractivity contribution >= 4 is 23.5 Å². The Morgan fingerprint density at radius 3 is 2.48 bits per heavy atom. The number of imide groups is 1. The van der Waals surface area contributed by atoms with E-state index in [0.717, 1.165) is 17.0 Å². The lowest BCUT2D eigenvalue weighted by Gasteiger charge is -2.36. The molecular weight excluding hydrogens is 387 g/mol. The third kappa shape index (κ3) is 3.16. The maximum absolute atomic E-state index is 13.0. The van der Waals surface area contributed by atoms with E-state index in [-0.39, 0.29) is 23.1 Å². The van der Waals surface area contributed by atoms with Gasteiger partial charge in [-0.1, -0.05) is 26.8 Å². The van der Waals surface area contributed by atoms with Crippen molar-refractivity contribution in [3.05, 3.63) is 29.8 Å². The summed E-state index contributed by atoms with van der Waals surface area (Å²) in [6, 6.07) is 2.03. The summed E-state index contributed by atoms with van der Waals surface area (Å²) in [6.45, 7) is 6.20. The fourth-order valence-corrected chi connectivity index (χ4v) is 4.56. The molecule has 156 valence electrons. The number of halogens is 3. The summed E-state index contributed by atoms with van der Waals surface area (Å²) in [6.07, 6.45) is -3.73. The number of fused-ring (bicyclic) bond motifs is 5. The van der Waals surface area contributed by atoms with Gasteiger partial charge in [-0.3, -0.25) is 9.59 Å². The van der Waals surface area contributed by atoms with E-state index < -0.39 is 35.8 Å². The Bertz CT molecular complexity index is 893. The normalized spacial score (nSPS) is 26.6. The molecule has 9 heteroatoms. The Hall–Kier alpha value is -2.58. The number of anilines is 1. The van der Waals surface area contributed by atoms with Crippen LogP contribution in [0.25, 0.3) is 0 Å². The van der Waals surface area contributed by atoms with Gasteiger partial charge in [0, 0.05) is 13.0 Å². The van der Waals surface area contributed by atoms with Gasteiger partial charge in [-0.2, -0.15) is 13.2 Å². The molecule has 0 saturated carbocycles. The predicted octanol–water partition coefficient (Wildman–Crippen LogP) is 3.26. The smallest absolute Gasteiger partial charge is 0.335 e. The Labute approximate surface area is 166 Å². The highest BCUT2D eigenvalue weighted by Gasteiger charge is 2.62. The van der Waals surface area contributed by atoms with Crippen LogP contribution in [0, 0.1) is 5.41 Å². The first-order valence-electron chi connectivity index (χ1n) is 9.51. The minimum Gasteiger partial charge on any atom is -0.335 e. The summed E-state index contributed by atoms with van der Waals surface area (Å²) in [7, 11) is 0. The van der Waals surface area contributed by atoms with Crippen molar-refractivity contribution in [2.24, 2.45) is 5.41 Å². The number of hydrogen-bond acceptors (Lipinski definition) is 3. The minimum atomic E-state index is -4.58. The number of alkyl halides is 3. The van der Waals surface area contributed by atoms with E-state index in [1.807, 2.05) is 20.8 Å². The molecule has 4 rings (SSSR count). The van der Waals surface area contributed by atoms with Crippen molar-refractivity contribution in [2.75, 3.05) is 11.4 Å². The van der Waals surface area contributed by atoms with E-state index >= 15 is 0 Å². The molecular formula is C20H22F3N3O3. The highest BCUT2D eigenvalue weighted by Crippen LogP contribution is 2.43. The first kappa shape index (κ1) is 19.7. The maximum Gasteiger partial charge on any atom is 0.416 e. The number of benzene rings is 1. The fourth-order valence-electron chi connectivity index (χ4n) is 4.56. The summed E-state index contributed by atoms with van der Waals surface area (Å²) in [5, 5.41) is 0. The molecule has 0 spiro atoms. The van der Waals surface area contributed by atoms with Gasteiger partial charge in [0.2, 0.25) is 5.91 Å². The van der Waals surface area contributed by atoms with Crippen LogP contribution < -0.4 is 4.90 Å². The molecule has 3 aliphatic heterocycles. The number of rotatable bonds is 2. The molecule has 0 N–H and O–H groups in total. The zero-order valence-electron chi connectivity index (χ0n) is 16.4. The number of likely N-dealkylation sites (tertiary alicyclic amines) is 1. The van der Waals surface area contributed by atoms with Crippen LogP contribution in [0.1, 0.15) is 39.2 Å². The third-order valence-corrected chi connectivity index (χ3v) is 5.70. The molecule has 3 heterocycles. The second kappa shape index (κ2) is 6.21. The van der Waals surface area contributed by atoms with Gasteiger partial charge in [0.25, 0.3) is 5.91 Å². The molecule has 6 nitrogen and oxygen atoms in total. The third-order valence-electron chi connectivity index (χ3n) is 5.70. The van der Waals surface area contributed by atoms with Crippen LogP contribution in [-0.4, -0.2) is 52.3 Å². The zero-order valence-corrected chi connectivity index (χ0v) is 16.4. The molecule has 3 aliphatic rings. The zero-order chi connectivity index (χ0) is 21.3. The molecule has 3 atom stereocenters. The fraction of sp³-hybridized carbons (Fsp3) is 0.550. The summed E-state index contributed by atoms with van der Waals surface area (Å²) >= 11 is 0. The summed E-state index contributed by atoms with van der Waals surface area (Å²) in [5.74, 6) is -0.641. The van der Waals surface area contributed by atoms with Gasteiger partial charge in [-0.25, -0.2) is 9.69 Å². The average molecular weight is 409 g/mol. The van der Waals surface area contributed by atoms with Crippen molar-refractivity contribution in [1.29, 1.82) is 0 Å². The number of nitrogens with zero attached hydrogens (tertiary/aromatic N) is 3. The van der Waals surface area contributed by atoms with Gasteiger partial charge in [-0.15, -0.1) is 0 Å². The Morgan fingerprint density at radius 2 is 1.86 bits per heavy atom. The van der Waals surface area contributed by atoms with E-state index in [4.69, 9.17) is 0 Å². The molecule has 4 amide bonds. The van der Waals surface area contributed by atoms with E-state index in [1.54, 1.807) is 4.90 Å². The maximum atomic E-state index is 13.0. The number of hydrogen-bond donors (Lipinski definition) is 0. The molecule has 1 aromatic rings. The van der Waals surface area contributed by atoms with Crippen molar-refractivity contribution in [3.8, 4) is 0 Å². The molecule has 1 aromatic carbocycles. The van der Waals surface area contributed by atoms with E-state index in [9.17, 15) is 27.6 Å². The second-order valence-electron chi connectivity index (χ2n) is 9.10. The number of piperazine rings is 1. The van der Waals surface area contributed by atoms with Crippen LogP contribution in [0.3, 0.4) is 0 Å². The largest absolute Gasteiger partial charge is 0.416 e. The number of amides is 4. The van der Waals surface area contributed by atoms with E-state index in [1.165, 1.54) is 17.0 Å². The average Bonchev–Trinajstić information content (AvgIpc) is 3.24. The topological polar surface area (TPSA) is 60.9 Å². The van der Waals surface area contributed by atoms with Crippen molar-refractivity contribution in [3.63, 3.8) is 0 Å². The molecule has 0 aromatic heterocycles. The molecule has 2 bridgehead atoms. The highest BCUT2D eigenvalue weighted by atomic mass is 19.4. The molecule has 29 heavy (non-hydrogen) atoms. The summed E-state index contributed by atoms with van der Waals surface area (Å²) in [5.41, 5.74) is -1.23. The Kier molecular flexibility index (Phi) is 4.22. The SMILES string of the molecule is CC(C)(C)CC(=O)N1CC2CC1[C@@H]1C(=O)N(c3cccc(C(F)(F)F)c3)C(=O)N21. The predicted molar refractivity (Wildman–Crippen MR) is 97.9 cm³/mol.